The fourth-order valence-corrected chi connectivity index (χ4v) is 6.56. The smallest absolute Gasteiger partial charge is 0.255 e. The SMILES string of the molecule is O=C1CCC(N2Cc3c(cc(F)cc3N3CCN(S(=O)(=O)c4cccc(Cl)c4)CC3)C2=O)C(=O)N1. The Hall–Kier alpha value is -3.02. The van der Waals surface area contributed by atoms with Crippen molar-refractivity contribution in [3.8, 4) is 0 Å². The van der Waals surface area contributed by atoms with E-state index in [-0.39, 0.29) is 48.8 Å². The summed E-state index contributed by atoms with van der Waals surface area (Å²) < 4.78 is 41.9. The zero-order valence-electron chi connectivity index (χ0n) is 18.5. The molecule has 0 saturated carbocycles. The summed E-state index contributed by atoms with van der Waals surface area (Å²) >= 11 is 5.96. The average Bonchev–Trinajstić information content (AvgIpc) is 3.14. The second kappa shape index (κ2) is 8.89. The third-order valence-electron chi connectivity index (χ3n) is 6.61. The first-order valence-electron chi connectivity index (χ1n) is 11.1. The lowest BCUT2D eigenvalue weighted by Gasteiger charge is -2.36. The second-order valence-electron chi connectivity index (χ2n) is 8.70. The van der Waals surface area contributed by atoms with Gasteiger partial charge in [-0.1, -0.05) is 17.7 Å². The topological polar surface area (TPSA) is 107 Å². The van der Waals surface area contributed by atoms with Crippen LogP contribution in [0, 0.1) is 5.82 Å². The van der Waals surface area contributed by atoms with E-state index in [1.807, 2.05) is 4.90 Å². The predicted octanol–water partition coefficient (Wildman–Crippen LogP) is 1.75. The molecule has 35 heavy (non-hydrogen) atoms. The van der Waals surface area contributed by atoms with Gasteiger partial charge in [-0.05, 0) is 36.8 Å². The fourth-order valence-electron chi connectivity index (χ4n) is 4.84. The lowest BCUT2D eigenvalue weighted by molar-refractivity contribution is -0.136. The van der Waals surface area contributed by atoms with E-state index in [0.29, 0.717) is 29.4 Å². The molecule has 0 radical (unpaired) electrons. The van der Waals surface area contributed by atoms with Crippen molar-refractivity contribution in [2.75, 3.05) is 31.1 Å². The monoisotopic (exact) mass is 520 g/mol. The highest BCUT2D eigenvalue weighted by molar-refractivity contribution is 7.89. The second-order valence-corrected chi connectivity index (χ2v) is 11.1. The summed E-state index contributed by atoms with van der Waals surface area (Å²) in [5.74, 6) is -1.97. The largest absolute Gasteiger partial charge is 0.369 e. The van der Waals surface area contributed by atoms with Crippen LogP contribution in [0.4, 0.5) is 10.1 Å². The highest BCUT2D eigenvalue weighted by Gasteiger charge is 2.41. The quantitative estimate of drug-likeness (QED) is 0.616. The third-order valence-corrected chi connectivity index (χ3v) is 8.74. The van der Waals surface area contributed by atoms with Gasteiger partial charge in [0.1, 0.15) is 11.9 Å². The van der Waals surface area contributed by atoms with Gasteiger partial charge in [-0.3, -0.25) is 19.7 Å². The highest BCUT2D eigenvalue weighted by Crippen LogP contribution is 2.36. The van der Waals surface area contributed by atoms with E-state index in [4.69, 9.17) is 11.6 Å². The number of nitrogens with one attached hydrogen (secondary N) is 1. The Kier molecular flexibility index (Phi) is 6.02. The maximum atomic E-state index is 14.5. The van der Waals surface area contributed by atoms with Crippen molar-refractivity contribution >= 4 is 45.0 Å². The molecule has 2 aromatic carbocycles. The number of hydrogen-bond donors (Lipinski definition) is 1. The predicted molar refractivity (Wildman–Crippen MR) is 125 cm³/mol. The van der Waals surface area contributed by atoms with Crippen molar-refractivity contribution in [2.45, 2.75) is 30.3 Å². The first kappa shape index (κ1) is 23.7. The van der Waals surface area contributed by atoms with E-state index in [2.05, 4.69) is 5.32 Å². The molecule has 0 spiro atoms. The van der Waals surface area contributed by atoms with Crippen molar-refractivity contribution in [3.63, 3.8) is 0 Å². The van der Waals surface area contributed by atoms with Crippen LogP contribution in [0.2, 0.25) is 5.02 Å². The molecule has 5 rings (SSSR count). The Morgan fingerprint density at radius 2 is 1.77 bits per heavy atom. The molecule has 1 N–H and O–H groups in total. The van der Waals surface area contributed by atoms with Crippen LogP contribution in [0.25, 0.3) is 0 Å². The van der Waals surface area contributed by atoms with Gasteiger partial charge in [0, 0.05) is 61.0 Å². The number of piperazine rings is 1. The minimum Gasteiger partial charge on any atom is -0.369 e. The molecule has 9 nitrogen and oxygen atoms in total. The highest BCUT2D eigenvalue weighted by atomic mass is 35.5. The number of amides is 3. The van der Waals surface area contributed by atoms with Crippen molar-refractivity contribution in [1.82, 2.24) is 14.5 Å². The lowest BCUT2D eigenvalue weighted by Crippen LogP contribution is -2.52. The molecule has 0 aromatic heterocycles. The zero-order valence-corrected chi connectivity index (χ0v) is 20.1. The van der Waals surface area contributed by atoms with Crippen LogP contribution >= 0.6 is 11.6 Å². The molecule has 2 fully saturated rings. The minimum atomic E-state index is -3.74. The molecule has 2 aromatic rings. The Balaban J connectivity index is 1.36. The Morgan fingerprint density at radius 1 is 1.03 bits per heavy atom. The molecular formula is C23H22ClFN4O5S. The number of fused-ring (bicyclic) bond motifs is 1. The van der Waals surface area contributed by atoms with Gasteiger partial charge in [0.25, 0.3) is 5.91 Å². The number of rotatable bonds is 4. The molecule has 3 heterocycles. The van der Waals surface area contributed by atoms with Crippen molar-refractivity contribution < 1.29 is 27.2 Å². The van der Waals surface area contributed by atoms with Crippen LogP contribution in [0.3, 0.4) is 0 Å². The van der Waals surface area contributed by atoms with E-state index >= 15 is 0 Å². The molecule has 2 saturated heterocycles. The van der Waals surface area contributed by atoms with Gasteiger partial charge >= 0.3 is 0 Å². The Labute approximate surface area is 206 Å². The average molecular weight is 521 g/mol. The zero-order chi connectivity index (χ0) is 24.9. The molecule has 184 valence electrons. The summed E-state index contributed by atoms with van der Waals surface area (Å²) in [6.45, 7) is 1.04. The van der Waals surface area contributed by atoms with Gasteiger partial charge < -0.3 is 9.80 Å². The fraction of sp³-hybridized carbons (Fsp3) is 0.348. The van der Waals surface area contributed by atoms with Crippen molar-refractivity contribution in [1.29, 1.82) is 0 Å². The molecule has 3 amide bonds. The number of imide groups is 1. The first-order chi connectivity index (χ1) is 16.6. The minimum absolute atomic E-state index is 0.107. The molecule has 1 atom stereocenters. The molecule has 0 bridgehead atoms. The number of anilines is 1. The van der Waals surface area contributed by atoms with Gasteiger partial charge in [0.15, 0.2) is 0 Å². The molecule has 0 aliphatic carbocycles. The molecular weight excluding hydrogens is 499 g/mol. The summed E-state index contributed by atoms with van der Waals surface area (Å²) in [6.07, 6.45) is 0.336. The van der Waals surface area contributed by atoms with Crippen LogP contribution in [0.5, 0.6) is 0 Å². The number of hydrogen-bond acceptors (Lipinski definition) is 6. The van der Waals surface area contributed by atoms with Gasteiger partial charge in [-0.15, -0.1) is 0 Å². The van der Waals surface area contributed by atoms with Crippen molar-refractivity contribution in [3.05, 3.63) is 58.4 Å². The summed E-state index contributed by atoms with van der Waals surface area (Å²) in [4.78, 5) is 40.2. The van der Waals surface area contributed by atoms with E-state index in [0.717, 1.165) is 6.07 Å². The maximum Gasteiger partial charge on any atom is 0.255 e. The standard InChI is InChI=1S/C23H22ClFN4O5S/c24-14-2-1-3-16(10-14)35(33,34)28-8-6-27(7-9-28)20-12-15(25)11-17-18(20)13-29(23(17)32)19-4-5-21(30)26-22(19)31/h1-3,10-12,19H,4-9,13H2,(H,26,30,31). The van der Waals surface area contributed by atoms with E-state index in [9.17, 15) is 27.2 Å². The van der Waals surface area contributed by atoms with E-state index in [1.54, 1.807) is 12.1 Å². The summed E-state index contributed by atoms with van der Waals surface area (Å²) in [6, 6.07) is 7.76. The number of carbonyl (C=O) groups is 3. The van der Waals surface area contributed by atoms with E-state index < -0.39 is 33.7 Å². The van der Waals surface area contributed by atoms with E-state index in [1.165, 1.54) is 27.4 Å². The summed E-state index contributed by atoms with van der Waals surface area (Å²) in [5.41, 5.74) is 1.27. The number of nitrogens with zero attached hydrogens (tertiary/aromatic N) is 3. The van der Waals surface area contributed by atoms with Gasteiger partial charge in [-0.2, -0.15) is 4.31 Å². The number of halogens is 2. The summed E-state index contributed by atoms with van der Waals surface area (Å²) in [5, 5.41) is 2.58. The Morgan fingerprint density at radius 3 is 2.46 bits per heavy atom. The van der Waals surface area contributed by atoms with Crippen LogP contribution in [-0.2, 0) is 26.2 Å². The molecule has 3 aliphatic heterocycles. The first-order valence-corrected chi connectivity index (χ1v) is 12.9. The van der Waals surface area contributed by atoms with Crippen molar-refractivity contribution in [2.24, 2.45) is 0 Å². The number of benzene rings is 2. The molecule has 3 aliphatic rings. The number of sulfonamides is 1. The lowest BCUT2D eigenvalue weighted by atomic mass is 10.0. The van der Waals surface area contributed by atoms with Gasteiger partial charge in [0.05, 0.1) is 4.90 Å². The number of piperidine rings is 1. The number of carbonyl (C=O) groups excluding carboxylic acids is 3. The normalized spacial score (nSPS) is 21.3. The molecule has 1 unspecified atom stereocenters. The van der Waals surface area contributed by atoms with Crippen LogP contribution in [0.15, 0.2) is 41.3 Å². The van der Waals surface area contributed by atoms with Crippen LogP contribution < -0.4 is 10.2 Å². The van der Waals surface area contributed by atoms with Gasteiger partial charge in [0.2, 0.25) is 21.8 Å². The third kappa shape index (κ3) is 4.28. The van der Waals surface area contributed by atoms with Crippen LogP contribution in [-0.4, -0.2) is 67.6 Å². The van der Waals surface area contributed by atoms with Crippen LogP contribution in [0.1, 0.15) is 28.8 Å². The molecule has 12 heteroatoms. The maximum absolute atomic E-state index is 14.5. The Bertz CT molecular complexity index is 1340. The summed E-state index contributed by atoms with van der Waals surface area (Å²) in [7, 11) is -3.74. The van der Waals surface area contributed by atoms with Gasteiger partial charge in [-0.25, -0.2) is 12.8 Å².